The first kappa shape index (κ1) is 30.1. The van der Waals surface area contributed by atoms with Crippen molar-refractivity contribution < 1.29 is 19.4 Å². The molecule has 7 heteroatoms. The molecular formula is C35H53N3O4. The molecule has 0 radical (unpaired) electrons. The van der Waals surface area contributed by atoms with Gasteiger partial charge in [-0.25, -0.2) is 4.98 Å². The fraction of sp³-hybridized carbons (Fsp3) is 0.800. The quantitative estimate of drug-likeness (QED) is 0.456. The van der Waals surface area contributed by atoms with Crippen LogP contribution in [0.1, 0.15) is 103 Å². The maximum atomic E-state index is 13.1. The van der Waals surface area contributed by atoms with Gasteiger partial charge in [0, 0.05) is 37.3 Å². The molecule has 3 fully saturated rings. The number of ether oxygens (including phenoxy) is 1. The molecule has 2 heterocycles. The van der Waals surface area contributed by atoms with Crippen molar-refractivity contribution in [3.63, 3.8) is 0 Å². The van der Waals surface area contributed by atoms with Crippen molar-refractivity contribution >= 4 is 11.8 Å². The van der Waals surface area contributed by atoms with Gasteiger partial charge in [-0.3, -0.25) is 14.2 Å². The number of imidazole rings is 1. The van der Waals surface area contributed by atoms with Crippen LogP contribution in [0.3, 0.4) is 0 Å². The molecule has 0 aromatic carbocycles. The minimum atomic E-state index is -0.474. The zero-order valence-corrected chi connectivity index (χ0v) is 27.0. The van der Waals surface area contributed by atoms with Gasteiger partial charge in [0.25, 0.3) is 0 Å². The Morgan fingerprint density at radius 2 is 1.79 bits per heavy atom. The van der Waals surface area contributed by atoms with Crippen LogP contribution in [-0.4, -0.2) is 63.8 Å². The molecule has 1 aromatic rings. The van der Waals surface area contributed by atoms with E-state index in [1.807, 2.05) is 18.7 Å². The highest BCUT2D eigenvalue weighted by molar-refractivity contribution is 5.82. The lowest BCUT2D eigenvalue weighted by molar-refractivity contribution is -0.135. The summed E-state index contributed by atoms with van der Waals surface area (Å²) in [4.78, 5) is 32.9. The lowest BCUT2D eigenvalue weighted by atomic mass is 9.44. The highest BCUT2D eigenvalue weighted by Crippen LogP contribution is 2.68. The molecule has 1 N–H and O–H groups in total. The minimum Gasteiger partial charge on any atom is -0.389 e. The summed E-state index contributed by atoms with van der Waals surface area (Å²) in [5.41, 5.74) is 3.08. The minimum absolute atomic E-state index is 0.0847. The molecule has 2 saturated carbocycles. The van der Waals surface area contributed by atoms with E-state index < -0.39 is 6.10 Å². The molecule has 0 bridgehead atoms. The van der Waals surface area contributed by atoms with Crippen LogP contribution in [0.25, 0.3) is 0 Å². The van der Waals surface area contributed by atoms with Crippen LogP contribution >= 0.6 is 0 Å². The highest BCUT2D eigenvalue weighted by Gasteiger charge is 2.63. The number of hydrogen-bond donors (Lipinski definition) is 1. The van der Waals surface area contributed by atoms with E-state index in [0.717, 1.165) is 50.2 Å². The van der Waals surface area contributed by atoms with Crippen LogP contribution < -0.4 is 0 Å². The number of carbonyl (C=O) groups excluding carboxylic acids is 2. The number of amides is 1. The highest BCUT2D eigenvalue weighted by atomic mass is 16.5. The van der Waals surface area contributed by atoms with Crippen molar-refractivity contribution in [2.75, 3.05) is 26.3 Å². The van der Waals surface area contributed by atoms with Crippen molar-refractivity contribution in [3.05, 3.63) is 29.4 Å². The summed E-state index contributed by atoms with van der Waals surface area (Å²) in [6.45, 7) is 18.4. The predicted molar refractivity (Wildman–Crippen MR) is 163 cm³/mol. The molecular weight excluding hydrogens is 526 g/mol. The van der Waals surface area contributed by atoms with Crippen LogP contribution in [-0.2, 0) is 21.4 Å². The molecule has 0 unspecified atom stereocenters. The molecule has 0 spiro atoms. The molecule has 5 aliphatic rings. The fourth-order valence-electron chi connectivity index (χ4n) is 10.8. The van der Waals surface area contributed by atoms with E-state index in [9.17, 15) is 14.7 Å². The molecule has 8 atom stereocenters. The Balaban J connectivity index is 1.24. The van der Waals surface area contributed by atoms with E-state index in [1.54, 1.807) is 10.9 Å². The van der Waals surface area contributed by atoms with Crippen LogP contribution in [0.5, 0.6) is 0 Å². The Hall–Kier alpha value is -1.99. The number of aliphatic hydroxyl groups excluding tert-OH is 1. The first-order valence-electron chi connectivity index (χ1n) is 16.7. The van der Waals surface area contributed by atoms with Gasteiger partial charge in [0.15, 0.2) is 0 Å². The maximum absolute atomic E-state index is 13.1. The molecule has 6 rings (SSSR count). The van der Waals surface area contributed by atoms with Crippen molar-refractivity contribution in [3.8, 4) is 0 Å². The topological polar surface area (TPSA) is 84.7 Å². The van der Waals surface area contributed by atoms with E-state index in [-0.39, 0.29) is 39.9 Å². The smallest absolute Gasteiger partial charge is 0.234 e. The number of morpholine rings is 1. The largest absolute Gasteiger partial charge is 0.389 e. The van der Waals surface area contributed by atoms with Crippen LogP contribution in [0.2, 0.25) is 0 Å². The van der Waals surface area contributed by atoms with E-state index >= 15 is 0 Å². The summed E-state index contributed by atoms with van der Waals surface area (Å²) in [5.74, 6) is 2.44. The first-order valence-corrected chi connectivity index (χ1v) is 16.7. The number of carbonyl (C=O) groups is 2. The fourth-order valence-corrected chi connectivity index (χ4v) is 10.8. The molecule has 42 heavy (non-hydrogen) atoms. The van der Waals surface area contributed by atoms with Crippen molar-refractivity contribution in [2.45, 2.75) is 105 Å². The van der Waals surface area contributed by atoms with Crippen LogP contribution in [0.15, 0.2) is 18.0 Å². The van der Waals surface area contributed by atoms with Gasteiger partial charge in [-0.2, -0.15) is 0 Å². The Morgan fingerprint density at radius 3 is 2.48 bits per heavy atom. The number of rotatable bonds is 5. The van der Waals surface area contributed by atoms with E-state index in [4.69, 9.17) is 9.72 Å². The summed E-state index contributed by atoms with van der Waals surface area (Å²) in [5, 5.41) is 11.9. The third-order valence-corrected chi connectivity index (χ3v) is 12.8. The molecule has 1 saturated heterocycles. The third-order valence-electron chi connectivity index (χ3n) is 12.8. The van der Waals surface area contributed by atoms with Crippen molar-refractivity contribution in [1.82, 2.24) is 14.5 Å². The van der Waals surface area contributed by atoms with E-state index in [2.05, 4.69) is 40.7 Å². The van der Waals surface area contributed by atoms with E-state index in [0.29, 0.717) is 43.3 Å². The molecule has 1 aromatic heterocycles. The third kappa shape index (κ3) is 4.46. The SMILES string of the molecule is CC(C)C(=O)n1cnc2c1C(C)(C)C1=C[C@H](O)[C@H]3[C@@H]4CC[C@H]([C@H](C)CCC(=O)N5CCOCC5)[C@@]4(C)CC[C@@H]3[C@@]1(C)C2. The van der Waals surface area contributed by atoms with Crippen LogP contribution in [0, 0.1) is 46.3 Å². The Bertz CT molecular complexity index is 1260. The van der Waals surface area contributed by atoms with Gasteiger partial charge in [-0.1, -0.05) is 60.1 Å². The monoisotopic (exact) mass is 579 g/mol. The summed E-state index contributed by atoms with van der Waals surface area (Å²) >= 11 is 0. The van der Waals surface area contributed by atoms with Crippen molar-refractivity contribution in [2.24, 2.45) is 46.3 Å². The van der Waals surface area contributed by atoms with Gasteiger partial charge < -0.3 is 14.7 Å². The summed E-state index contributed by atoms with van der Waals surface area (Å²) in [6, 6.07) is 0. The van der Waals surface area contributed by atoms with Gasteiger partial charge in [0.2, 0.25) is 11.8 Å². The Kier molecular flexibility index (Phi) is 7.57. The normalized spacial score (nSPS) is 37.8. The molecule has 1 aliphatic heterocycles. The summed E-state index contributed by atoms with van der Waals surface area (Å²) in [6.07, 6.45) is 10.5. The number of nitrogens with zero attached hydrogens (tertiary/aromatic N) is 3. The number of aromatic nitrogens is 2. The molecule has 232 valence electrons. The number of allylic oxidation sites excluding steroid dienone is 1. The Morgan fingerprint density at radius 1 is 1.07 bits per heavy atom. The second-order valence-electron chi connectivity index (χ2n) is 15.7. The van der Waals surface area contributed by atoms with Gasteiger partial charge in [0.1, 0.15) is 6.33 Å². The average molecular weight is 580 g/mol. The zero-order valence-electron chi connectivity index (χ0n) is 27.0. The molecule has 4 aliphatic carbocycles. The second-order valence-corrected chi connectivity index (χ2v) is 15.7. The van der Waals surface area contributed by atoms with Gasteiger partial charge in [-0.05, 0) is 72.5 Å². The number of hydrogen-bond acceptors (Lipinski definition) is 5. The standard InChI is InChI=1S/C35H53N3O4/c1-21(2)32(41)38-20-36-26-19-35(7)25-12-13-34(6)23(22(3)8-11-29(40)37-14-16-42-17-15-37)9-10-24(34)30(25)27(39)18-28(35)33(4,5)31(26)38/h18,20-25,27,30,39H,8-17,19H2,1-7H3/t22-,23-,24+,25+,27+,30+,34-,35-/m1/s1. The first-order chi connectivity index (χ1) is 19.8. The number of aliphatic hydroxyl groups is 1. The maximum Gasteiger partial charge on any atom is 0.234 e. The summed E-state index contributed by atoms with van der Waals surface area (Å²) < 4.78 is 7.23. The zero-order chi connectivity index (χ0) is 30.2. The van der Waals surface area contributed by atoms with Gasteiger partial charge >= 0.3 is 0 Å². The lowest BCUT2D eigenvalue weighted by Gasteiger charge is -2.61. The van der Waals surface area contributed by atoms with Crippen molar-refractivity contribution in [1.29, 1.82) is 0 Å². The average Bonchev–Trinajstić information content (AvgIpc) is 3.54. The molecule has 7 nitrogen and oxygen atoms in total. The number of fused-ring (bicyclic) bond motifs is 6. The lowest BCUT2D eigenvalue weighted by Crippen LogP contribution is -2.57. The second kappa shape index (κ2) is 10.6. The van der Waals surface area contributed by atoms with Gasteiger partial charge in [0.05, 0.1) is 30.7 Å². The van der Waals surface area contributed by atoms with E-state index in [1.165, 1.54) is 18.4 Å². The predicted octanol–water partition coefficient (Wildman–Crippen LogP) is 5.65. The Labute approximate surface area is 252 Å². The van der Waals surface area contributed by atoms with Gasteiger partial charge in [-0.15, -0.1) is 0 Å². The van der Waals surface area contributed by atoms with Crippen LogP contribution in [0.4, 0.5) is 0 Å². The summed E-state index contributed by atoms with van der Waals surface area (Å²) in [7, 11) is 0. The molecule has 1 amide bonds.